The highest BCUT2D eigenvalue weighted by Crippen LogP contribution is 2.38. The molecule has 2 atom stereocenters. The summed E-state index contributed by atoms with van der Waals surface area (Å²) in [6.45, 7) is 4.51. The molecule has 1 aromatic carbocycles. The maximum atomic E-state index is 9.69. The Hall–Kier alpha value is -1.69. The van der Waals surface area contributed by atoms with Crippen molar-refractivity contribution in [2.45, 2.75) is 45.1 Å². The number of rotatable bonds is 4. The van der Waals surface area contributed by atoms with Gasteiger partial charge in [0, 0.05) is 11.8 Å². The number of anilines is 1. The monoisotopic (exact) mass is 272 g/mol. The third kappa shape index (κ3) is 3.25. The van der Waals surface area contributed by atoms with Crippen LogP contribution < -0.4 is 10.1 Å². The van der Waals surface area contributed by atoms with E-state index in [0.717, 1.165) is 30.7 Å². The van der Waals surface area contributed by atoms with Gasteiger partial charge in [-0.15, -0.1) is 0 Å². The van der Waals surface area contributed by atoms with Crippen LogP contribution in [0.2, 0.25) is 0 Å². The predicted molar refractivity (Wildman–Crippen MR) is 81.8 cm³/mol. The van der Waals surface area contributed by atoms with E-state index in [2.05, 4.69) is 25.2 Å². The van der Waals surface area contributed by atoms with E-state index >= 15 is 0 Å². The first kappa shape index (κ1) is 14.7. The Bertz CT molecular complexity index is 492. The zero-order valence-corrected chi connectivity index (χ0v) is 12.6. The first-order chi connectivity index (χ1) is 9.58. The van der Waals surface area contributed by atoms with Crippen LogP contribution in [0.15, 0.2) is 24.3 Å². The van der Waals surface area contributed by atoms with E-state index in [1.165, 1.54) is 6.42 Å². The van der Waals surface area contributed by atoms with Gasteiger partial charge in [0.2, 0.25) is 0 Å². The van der Waals surface area contributed by atoms with Gasteiger partial charge >= 0.3 is 0 Å². The molecule has 1 aliphatic rings. The summed E-state index contributed by atoms with van der Waals surface area (Å²) in [7, 11) is 1.66. The molecule has 1 fully saturated rings. The first-order valence-electron chi connectivity index (χ1n) is 7.42. The minimum Gasteiger partial charge on any atom is -0.497 e. The fourth-order valence-corrected chi connectivity index (χ4v) is 3.11. The van der Waals surface area contributed by atoms with Crippen molar-refractivity contribution in [1.29, 1.82) is 5.26 Å². The van der Waals surface area contributed by atoms with Crippen LogP contribution in [0, 0.1) is 23.2 Å². The molecule has 0 saturated heterocycles. The molecule has 2 rings (SSSR count). The molecule has 1 aliphatic carbocycles. The van der Waals surface area contributed by atoms with Gasteiger partial charge in [0.25, 0.3) is 0 Å². The quantitative estimate of drug-likeness (QED) is 0.892. The third-order valence-electron chi connectivity index (χ3n) is 4.40. The standard InChI is InChI=1S/C17H24N2O/c1-13(2)14-6-5-9-17(11-14,12-18)19-15-7-4-8-16(10-15)20-3/h4,7-8,10,13-14,19H,5-6,9,11H2,1-3H3. The summed E-state index contributed by atoms with van der Waals surface area (Å²) in [5.41, 5.74) is 0.537. The lowest BCUT2D eigenvalue weighted by Gasteiger charge is -2.38. The van der Waals surface area contributed by atoms with E-state index in [0.29, 0.717) is 11.8 Å². The minimum absolute atomic E-state index is 0.431. The van der Waals surface area contributed by atoms with Crippen LogP contribution >= 0.6 is 0 Å². The lowest BCUT2D eigenvalue weighted by atomic mass is 9.72. The van der Waals surface area contributed by atoms with Gasteiger partial charge in [-0.3, -0.25) is 0 Å². The van der Waals surface area contributed by atoms with E-state index in [1.54, 1.807) is 7.11 Å². The maximum absolute atomic E-state index is 9.69. The highest BCUT2D eigenvalue weighted by atomic mass is 16.5. The van der Waals surface area contributed by atoms with Crippen LogP contribution in [0.1, 0.15) is 39.5 Å². The van der Waals surface area contributed by atoms with Crippen molar-refractivity contribution < 1.29 is 4.74 Å². The second kappa shape index (κ2) is 6.17. The van der Waals surface area contributed by atoms with E-state index < -0.39 is 5.54 Å². The number of ether oxygens (including phenoxy) is 1. The molecule has 1 aromatic rings. The number of nitriles is 1. The van der Waals surface area contributed by atoms with Crippen molar-refractivity contribution in [1.82, 2.24) is 0 Å². The Morgan fingerprint density at radius 2 is 2.25 bits per heavy atom. The lowest BCUT2D eigenvalue weighted by molar-refractivity contribution is 0.232. The van der Waals surface area contributed by atoms with Crippen molar-refractivity contribution >= 4 is 5.69 Å². The topological polar surface area (TPSA) is 45.0 Å². The van der Waals surface area contributed by atoms with E-state index in [-0.39, 0.29) is 0 Å². The molecule has 0 heterocycles. The average Bonchev–Trinajstić information content (AvgIpc) is 2.47. The van der Waals surface area contributed by atoms with Gasteiger partial charge in [-0.2, -0.15) is 5.26 Å². The number of nitrogens with zero attached hydrogens (tertiary/aromatic N) is 1. The molecule has 20 heavy (non-hydrogen) atoms. The second-order valence-electron chi connectivity index (χ2n) is 6.15. The average molecular weight is 272 g/mol. The molecule has 0 aromatic heterocycles. The molecule has 0 bridgehead atoms. The van der Waals surface area contributed by atoms with Crippen molar-refractivity contribution in [2.24, 2.45) is 11.8 Å². The Labute approximate surface area is 121 Å². The van der Waals surface area contributed by atoms with Crippen molar-refractivity contribution in [3.8, 4) is 11.8 Å². The predicted octanol–water partition coefficient (Wildman–Crippen LogP) is 4.22. The van der Waals surface area contributed by atoms with Crippen molar-refractivity contribution in [3.63, 3.8) is 0 Å². The summed E-state index contributed by atoms with van der Waals surface area (Å²) in [5.74, 6) is 2.08. The minimum atomic E-state index is -0.431. The van der Waals surface area contributed by atoms with Gasteiger partial charge in [0.15, 0.2) is 0 Å². The fourth-order valence-electron chi connectivity index (χ4n) is 3.11. The van der Waals surface area contributed by atoms with Crippen molar-refractivity contribution in [3.05, 3.63) is 24.3 Å². The van der Waals surface area contributed by atoms with Crippen LogP contribution in [0.25, 0.3) is 0 Å². The number of methoxy groups -OCH3 is 1. The lowest BCUT2D eigenvalue weighted by Crippen LogP contribution is -2.42. The Morgan fingerprint density at radius 3 is 2.90 bits per heavy atom. The first-order valence-corrected chi connectivity index (χ1v) is 7.42. The highest BCUT2D eigenvalue weighted by molar-refractivity contribution is 5.51. The number of nitrogens with one attached hydrogen (secondary N) is 1. The number of benzene rings is 1. The van der Waals surface area contributed by atoms with Crippen LogP contribution in [-0.2, 0) is 0 Å². The van der Waals surface area contributed by atoms with Crippen LogP contribution in [0.5, 0.6) is 5.75 Å². The van der Waals surface area contributed by atoms with Crippen LogP contribution in [0.4, 0.5) is 5.69 Å². The molecule has 0 spiro atoms. The van der Waals surface area contributed by atoms with Gasteiger partial charge in [-0.1, -0.05) is 19.9 Å². The second-order valence-corrected chi connectivity index (χ2v) is 6.15. The summed E-state index contributed by atoms with van der Waals surface area (Å²) in [4.78, 5) is 0. The van der Waals surface area contributed by atoms with Gasteiger partial charge < -0.3 is 10.1 Å². The normalized spacial score (nSPS) is 26.1. The third-order valence-corrected chi connectivity index (χ3v) is 4.40. The van der Waals surface area contributed by atoms with Crippen molar-refractivity contribution in [2.75, 3.05) is 12.4 Å². The molecular formula is C17H24N2O. The van der Waals surface area contributed by atoms with E-state index in [4.69, 9.17) is 4.74 Å². The molecule has 3 heteroatoms. The summed E-state index contributed by atoms with van der Waals surface area (Å²) in [6.07, 6.45) is 4.20. The Balaban J connectivity index is 2.17. The summed E-state index contributed by atoms with van der Waals surface area (Å²) in [6, 6.07) is 10.4. The number of hydrogen-bond acceptors (Lipinski definition) is 3. The van der Waals surface area contributed by atoms with Gasteiger partial charge in [-0.25, -0.2) is 0 Å². The molecule has 0 amide bonds. The Kier molecular flexibility index (Phi) is 4.54. The SMILES string of the molecule is COc1cccc(NC2(C#N)CCCC(C(C)C)C2)c1. The molecule has 1 saturated carbocycles. The Morgan fingerprint density at radius 1 is 1.45 bits per heavy atom. The number of hydrogen-bond donors (Lipinski definition) is 1. The summed E-state index contributed by atoms with van der Waals surface area (Å²) >= 11 is 0. The van der Waals surface area contributed by atoms with Gasteiger partial charge in [0.1, 0.15) is 11.3 Å². The maximum Gasteiger partial charge on any atom is 0.125 e. The molecule has 1 N–H and O–H groups in total. The summed E-state index contributed by atoms with van der Waals surface area (Å²) in [5, 5.41) is 13.1. The molecular weight excluding hydrogens is 248 g/mol. The molecule has 0 radical (unpaired) electrons. The molecule has 108 valence electrons. The fraction of sp³-hybridized carbons (Fsp3) is 0.588. The molecule has 2 unspecified atom stereocenters. The van der Waals surface area contributed by atoms with Crippen LogP contribution in [0.3, 0.4) is 0 Å². The molecule has 3 nitrogen and oxygen atoms in total. The highest BCUT2D eigenvalue weighted by Gasteiger charge is 2.37. The zero-order valence-electron chi connectivity index (χ0n) is 12.6. The zero-order chi connectivity index (χ0) is 14.6. The smallest absolute Gasteiger partial charge is 0.125 e. The van der Waals surface area contributed by atoms with Crippen LogP contribution in [-0.4, -0.2) is 12.6 Å². The molecule has 0 aliphatic heterocycles. The van der Waals surface area contributed by atoms with E-state index in [9.17, 15) is 5.26 Å². The van der Waals surface area contributed by atoms with Gasteiger partial charge in [-0.05, 0) is 49.7 Å². The van der Waals surface area contributed by atoms with E-state index in [1.807, 2.05) is 24.3 Å². The summed E-state index contributed by atoms with van der Waals surface area (Å²) < 4.78 is 5.25. The largest absolute Gasteiger partial charge is 0.497 e. The van der Waals surface area contributed by atoms with Gasteiger partial charge in [0.05, 0.1) is 13.2 Å².